The zero-order valence-electron chi connectivity index (χ0n) is 10.3. The van der Waals surface area contributed by atoms with E-state index in [2.05, 4.69) is 0 Å². The fraction of sp³-hybridized carbons (Fsp3) is 0.385. The monoisotopic (exact) mass is 232 g/mol. The van der Waals surface area contributed by atoms with E-state index in [9.17, 15) is 4.79 Å². The molecule has 1 amide bonds. The zero-order valence-corrected chi connectivity index (χ0v) is 10.3. The minimum atomic E-state index is -0.181. The Bertz CT molecular complexity index is 435. The van der Waals surface area contributed by atoms with Gasteiger partial charge in [-0.2, -0.15) is 5.26 Å². The summed E-state index contributed by atoms with van der Waals surface area (Å²) in [6.07, 6.45) is 0. The Kier molecular flexibility index (Phi) is 4.53. The summed E-state index contributed by atoms with van der Waals surface area (Å²) < 4.78 is 5.14. The molecule has 0 bridgehead atoms. The third-order valence-corrected chi connectivity index (χ3v) is 2.46. The summed E-state index contributed by atoms with van der Waals surface area (Å²) in [5.41, 5.74) is 0.485. The summed E-state index contributed by atoms with van der Waals surface area (Å²) >= 11 is 0. The summed E-state index contributed by atoms with van der Waals surface area (Å²) in [4.78, 5) is 13.8. The predicted octanol–water partition coefficient (Wildman–Crippen LogP) is 2.07. The average Bonchev–Trinajstić information content (AvgIpc) is 2.34. The van der Waals surface area contributed by atoms with Crippen LogP contribution < -0.4 is 4.74 Å². The highest BCUT2D eigenvalue weighted by atomic mass is 16.5. The molecule has 1 aromatic carbocycles. The van der Waals surface area contributed by atoms with Crippen molar-refractivity contribution < 1.29 is 9.53 Å². The number of benzene rings is 1. The molecule has 0 fully saturated rings. The number of hydrogen-bond donors (Lipinski definition) is 0. The zero-order chi connectivity index (χ0) is 12.8. The first-order chi connectivity index (χ1) is 8.11. The number of para-hydroxylation sites is 1. The second-order valence-corrected chi connectivity index (χ2v) is 3.89. The van der Waals surface area contributed by atoms with Crippen LogP contribution in [0.2, 0.25) is 0 Å². The molecular formula is C13H16N2O2. The first-order valence-electron chi connectivity index (χ1n) is 5.42. The lowest BCUT2D eigenvalue weighted by Crippen LogP contribution is -2.37. The van der Waals surface area contributed by atoms with Crippen LogP contribution in [0.4, 0.5) is 0 Å². The molecule has 0 aliphatic rings. The fourth-order valence-electron chi connectivity index (χ4n) is 1.54. The van der Waals surface area contributed by atoms with Crippen LogP contribution in [0.1, 0.15) is 24.2 Å². The summed E-state index contributed by atoms with van der Waals surface area (Å²) in [7, 11) is 1.52. The van der Waals surface area contributed by atoms with Crippen LogP contribution in [0.5, 0.6) is 5.75 Å². The van der Waals surface area contributed by atoms with Gasteiger partial charge in [0.15, 0.2) is 0 Å². The van der Waals surface area contributed by atoms with E-state index in [0.29, 0.717) is 11.3 Å². The highest BCUT2D eigenvalue weighted by Crippen LogP contribution is 2.20. The van der Waals surface area contributed by atoms with E-state index < -0.39 is 0 Å². The van der Waals surface area contributed by atoms with Crippen molar-refractivity contribution >= 4 is 5.91 Å². The van der Waals surface area contributed by atoms with E-state index in [-0.39, 0.29) is 18.5 Å². The number of nitrogens with zero attached hydrogens (tertiary/aromatic N) is 2. The normalized spacial score (nSPS) is 9.82. The molecule has 4 heteroatoms. The summed E-state index contributed by atoms with van der Waals surface area (Å²) in [6.45, 7) is 3.84. The minimum absolute atomic E-state index is 0.0212. The molecular weight excluding hydrogens is 216 g/mol. The van der Waals surface area contributed by atoms with Crippen molar-refractivity contribution in [3.05, 3.63) is 29.8 Å². The molecule has 0 saturated carbocycles. The first kappa shape index (κ1) is 13.0. The molecule has 0 spiro atoms. The largest absolute Gasteiger partial charge is 0.496 e. The van der Waals surface area contributed by atoms with Gasteiger partial charge < -0.3 is 9.64 Å². The van der Waals surface area contributed by atoms with Crippen molar-refractivity contribution in [1.82, 2.24) is 4.90 Å². The summed E-state index contributed by atoms with van der Waals surface area (Å²) in [5.74, 6) is 0.347. The molecule has 0 atom stereocenters. The van der Waals surface area contributed by atoms with Crippen LogP contribution in [0.3, 0.4) is 0 Å². The highest BCUT2D eigenvalue weighted by molar-refractivity contribution is 5.97. The molecule has 1 aromatic rings. The van der Waals surface area contributed by atoms with E-state index in [1.165, 1.54) is 12.0 Å². The maximum atomic E-state index is 12.3. The number of hydrogen-bond acceptors (Lipinski definition) is 3. The second kappa shape index (κ2) is 5.90. The number of carbonyl (C=O) groups excluding carboxylic acids is 1. The van der Waals surface area contributed by atoms with E-state index in [1.807, 2.05) is 19.9 Å². The van der Waals surface area contributed by atoms with Crippen LogP contribution >= 0.6 is 0 Å². The maximum absolute atomic E-state index is 12.3. The van der Waals surface area contributed by atoms with E-state index >= 15 is 0 Å². The van der Waals surface area contributed by atoms with E-state index in [1.54, 1.807) is 24.3 Å². The predicted molar refractivity (Wildman–Crippen MR) is 64.8 cm³/mol. The molecule has 1 rings (SSSR count). The third kappa shape index (κ3) is 2.97. The van der Waals surface area contributed by atoms with Gasteiger partial charge in [-0.15, -0.1) is 0 Å². The fourth-order valence-corrected chi connectivity index (χ4v) is 1.54. The van der Waals surface area contributed by atoms with E-state index in [4.69, 9.17) is 10.00 Å². The average molecular weight is 232 g/mol. The molecule has 90 valence electrons. The maximum Gasteiger partial charge on any atom is 0.258 e. The van der Waals surface area contributed by atoms with Gasteiger partial charge in [0.05, 0.1) is 18.7 Å². The van der Waals surface area contributed by atoms with Crippen LogP contribution in [-0.2, 0) is 0 Å². The lowest BCUT2D eigenvalue weighted by atomic mass is 10.1. The van der Waals surface area contributed by atoms with Crippen LogP contribution in [-0.4, -0.2) is 30.5 Å². The standard InChI is InChI=1S/C13H16N2O2/c1-10(2)15(9-8-14)13(16)11-6-4-5-7-12(11)17-3/h4-7,10H,9H2,1-3H3. The molecule has 0 aliphatic carbocycles. The Labute approximate surface area is 101 Å². The van der Waals surface area contributed by atoms with Gasteiger partial charge >= 0.3 is 0 Å². The molecule has 0 radical (unpaired) electrons. The Morgan fingerprint density at radius 1 is 1.47 bits per heavy atom. The molecule has 4 nitrogen and oxygen atoms in total. The van der Waals surface area contributed by atoms with Crippen molar-refractivity contribution in [2.45, 2.75) is 19.9 Å². The van der Waals surface area contributed by atoms with Gasteiger partial charge in [0.2, 0.25) is 0 Å². The van der Waals surface area contributed by atoms with Gasteiger partial charge in [0, 0.05) is 6.04 Å². The number of ether oxygens (including phenoxy) is 1. The first-order valence-corrected chi connectivity index (χ1v) is 5.42. The Morgan fingerprint density at radius 3 is 2.65 bits per heavy atom. The van der Waals surface area contributed by atoms with Gasteiger partial charge in [-0.05, 0) is 26.0 Å². The van der Waals surface area contributed by atoms with Crippen LogP contribution in [0.25, 0.3) is 0 Å². The number of nitriles is 1. The summed E-state index contributed by atoms with van der Waals surface area (Å²) in [6, 6.07) is 9.00. The smallest absolute Gasteiger partial charge is 0.258 e. The van der Waals surface area contributed by atoms with Crippen LogP contribution in [0, 0.1) is 11.3 Å². The number of rotatable bonds is 4. The topological polar surface area (TPSA) is 53.3 Å². The van der Waals surface area contributed by atoms with Crippen molar-refractivity contribution in [1.29, 1.82) is 5.26 Å². The Balaban J connectivity index is 3.06. The number of methoxy groups -OCH3 is 1. The number of amides is 1. The lowest BCUT2D eigenvalue weighted by molar-refractivity contribution is 0.0728. The quantitative estimate of drug-likeness (QED) is 0.747. The molecule has 0 N–H and O–H groups in total. The second-order valence-electron chi connectivity index (χ2n) is 3.89. The van der Waals surface area contributed by atoms with Crippen molar-refractivity contribution in [2.24, 2.45) is 0 Å². The molecule has 0 saturated heterocycles. The molecule has 0 heterocycles. The molecule has 0 unspecified atom stereocenters. The van der Waals surface area contributed by atoms with Crippen molar-refractivity contribution in [2.75, 3.05) is 13.7 Å². The Hall–Kier alpha value is -2.02. The van der Waals surface area contributed by atoms with Gasteiger partial charge in [0.1, 0.15) is 12.3 Å². The molecule has 0 aromatic heterocycles. The van der Waals surface area contributed by atoms with Gasteiger partial charge in [-0.1, -0.05) is 12.1 Å². The summed E-state index contributed by atoms with van der Waals surface area (Å²) in [5, 5.41) is 8.73. The minimum Gasteiger partial charge on any atom is -0.496 e. The molecule has 0 aliphatic heterocycles. The van der Waals surface area contributed by atoms with Gasteiger partial charge in [-0.3, -0.25) is 4.79 Å². The lowest BCUT2D eigenvalue weighted by Gasteiger charge is -2.24. The van der Waals surface area contributed by atoms with E-state index in [0.717, 1.165) is 0 Å². The van der Waals surface area contributed by atoms with Gasteiger partial charge in [-0.25, -0.2) is 0 Å². The third-order valence-electron chi connectivity index (χ3n) is 2.46. The molecule has 17 heavy (non-hydrogen) atoms. The number of carbonyl (C=O) groups is 1. The Morgan fingerprint density at radius 2 is 2.12 bits per heavy atom. The van der Waals surface area contributed by atoms with Crippen molar-refractivity contribution in [3.63, 3.8) is 0 Å². The SMILES string of the molecule is COc1ccccc1C(=O)N(CC#N)C(C)C. The highest BCUT2D eigenvalue weighted by Gasteiger charge is 2.21. The van der Waals surface area contributed by atoms with Gasteiger partial charge in [0.25, 0.3) is 5.91 Å². The van der Waals surface area contributed by atoms with Crippen LogP contribution in [0.15, 0.2) is 24.3 Å². The van der Waals surface area contributed by atoms with Crippen molar-refractivity contribution in [3.8, 4) is 11.8 Å².